The van der Waals surface area contributed by atoms with E-state index in [-0.39, 0.29) is 5.92 Å². The van der Waals surface area contributed by atoms with Gasteiger partial charge in [0.05, 0.1) is 0 Å². The van der Waals surface area contributed by atoms with Gasteiger partial charge in [-0.2, -0.15) is 0 Å². The molecule has 20 heavy (non-hydrogen) atoms. The van der Waals surface area contributed by atoms with Crippen LogP contribution in [0.5, 0.6) is 11.5 Å². The first-order valence-electron chi connectivity index (χ1n) is 6.83. The van der Waals surface area contributed by atoms with Gasteiger partial charge in [-0.1, -0.05) is 37.3 Å². The molecule has 0 N–H and O–H groups in total. The molecule has 2 aromatic carbocycles. The molecule has 0 saturated heterocycles. The van der Waals surface area contributed by atoms with Crippen LogP contribution in [0.2, 0.25) is 0 Å². The van der Waals surface area contributed by atoms with E-state index in [0.717, 1.165) is 24.3 Å². The summed E-state index contributed by atoms with van der Waals surface area (Å²) in [6.45, 7) is 2.12. The van der Waals surface area contributed by atoms with Crippen LogP contribution in [0.15, 0.2) is 48.5 Å². The third-order valence-electron chi connectivity index (χ3n) is 3.69. The largest absolute Gasteiger partial charge is 0.457 e. The molecule has 1 atom stereocenters. The van der Waals surface area contributed by atoms with E-state index in [1.165, 1.54) is 11.1 Å². The minimum atomic E-state index is -0.572. The van der Waals surface area contributed by atoms with E-state index >= 15 is 0 Å². The molecule has 1 saturated carbocycles. The molecule has 1 aliphatic rings. The van der Waals surface area contributed by atoms with Gasteiger partial charge in [-0.25, -0.2) is 0 Å². The topological polar surface area (TPSA) is 9.23 Å². The van der Waals surface area contributed by atoms with E-state index in [2.05, 4.69) is 13.0 Å². The normalized spacial score (nSPS) is 19.6. The van der Waals surface area contributed by atoms with Gasteiger partial charge < -0.3 is 4.74 Å². The van der Waals surface area contributed by atoms with Gasteiger partial charge in [0.1, 0.15) is 15.8 Å². The average Bonchev–Trinajstić information content (AvgIpc) is 3.09. The minimum Gasteiger partial charge on any atom is -0.457 e. The molecule has 1 nitrogen and oxygen atoms in total. The van der Waals surface area contributed by atoms with Crippen molar-refractivity contribution in [3.8, 4) is 11.5 Å². The molecule has 0 spiro atoms. The first-order valence-corrected chi connectivity index (χ1v) is 7.59. The number of para-hydroxylation sites is 1. The van der Waals surface area contributed by atoms with Crippen LogP contribution in [-0.2, 0) is 6.42 Å². The van der Waals surface area contributed by atoms with Gasteiger partial charge in [0, 0.05) is 5.92 Å². The van der Waals surface area contributed by atoms with Crippen LogP contribution in [-0.4, -0.2) is 4.33 Å². The standard InChI is InChI=1S/C17H16Cl2O/c1-2-12-5-3-4-6-16(12)20-14-9-7-13(8-10-14)15-11-17(15,18)19/h3-10,15H,2,11H2,1H3. The maximum atomic E-state index is 6.09. The molecule has 3 heteroatoms. The predicted octanol–water partition coefficient (Wildman–Crippen LogP) is 5.70. The fraction of sp³-hybridized carbons (Fsp3) is 0.294. The minimum absolute atomic E-state index is 0.253. The van der Waals surface area contributed by atoms with Crippen LogP contribution in [0.25, 0.3) is 0 Å². The van der Waals surface area contributed by atoms with Crippen molar-refractivity contribution >= 4 is 23.2 Å². The van der Waals surface area contributed by atoms with Gasteiger partial charge in [-0.05, 0) is 42.2 Å². The maximum absolute atomic E-state index is 6.09. The van der Waals surface area contributed by atoms with Crippen molar-refractivity contribution in [3.63, 3.8) is 0 Å². The van der Waals surface area contributed by atoms with E-state index in [1.54, 1.807) is 0 Å². The van der Waals surface area contributed by atoms with Crippen LogP contribution < -0.4 is 4.74 Å². The summed E-state index contributed by atoms with van der Waals surface area (Å²) < 4.78 is 5.37. The number of rotatable bonds is 4. The number of ether oxygens (including phenoxy) is 1. The quantitative estimate of drug-likeness (QED) is 0.658. The number of hydrogen-bond donors (Lipinski definition) is 0. The highest BCUT2D eigenvalue weighted by Gasteiger charge is 2.52. The molecule has 1 fully saturated rings. The van der Waals surface area contributed by atoms with E-state index in [4.69, 9.17) is 27.9 Å². The Morgan fingerprint density at radius 3 is 2.35 bits per heavy atom. The first-order chi connectivity index (χ1) is 9.60. The first kappa shape index (κ1) is 13.8. The summed E-state index contributed by atoms with van der Waals surface area (Å²) in [4.78, 5) is 0. The summed E-state index contributed by atoms with van der Waals surface area (Å²) in [5.41, 5.74) is 2.38. The third-order valence-corrected chi connectivity index (χ3v) is 4.53. The van der Waals surface area contributed by atoms with E-state index in [1.807, 2.05) is 42.5 Å². The second-order valence-electron chi connectivity index (χ2n) is 5.15. The molecular weight excluding hydrogens is 291 g/mol. The molecule has 0 amide bonds. The van der Waals surface area contributed by atoms with Crippen molar-refractivity contribution in [1.82, 2.24) is 0 Å². The van der Waals surface area contributed by atoms with Crippen LogP contribution in [0.3, 0.4) is 0 Å². The Bertz CT molecular complexity index is 605. The van der Waals surface area contributed by atoms with E-state index < -0.39 is 4.33 Å². The average molecular weight is 307 g/mol. The van der Waals surface area contributed by atoms with E-state index in [9.17, 15) is 0 Å². The molecule has 0 aromatic heterocycles. The van der Waals surface area contributed by atoms with Gasteiger partial charge in [0.15, 0.2) is 0 Å². The summed E-state index contributed by atoms with van der Waals surface area (Å²) in [6.07, 6.45) is 1.78. The van der Waals surface area contributed by atoms with Crippen LogP contribution in [0.4, 0.5) is 0 Å². The number of halogens is 2. The fourth-order valence-corrected chi connectivity index (χ4v) is 2.93. The smallest absolute Gasteiger partial charge is 0.130 e. The number of alkyl halides is 2. The second kappa shape index (κ2) is 5.31. The highest BCUT2D eigenvalue weighted by Crippen LogP contribution is 2.59. The number of benzene rings is 2. The Hall–Kier alpha value is -1.18. The number of hydrogen-bond acceptors (Lipinski definition) is 1. The zero-order valence-corrected chi connectivity index (χ0v) is 12.8. The lowest BCUT2D eigenvalue weighted by molar-refractivity contribution is 0.476. The van der Waals surface area contributed by atoms with Gasteiger partial charge in [-0.15, -0.1) is 23.2 Å². The SMILES string of the molecule is CCc1ccccc1Oc1ccc(C2CC2(Cl)Cl)cc1. The zero-order valence-electron chi connectivity index (χ0n) is 11.3. The molecule has 0 radical (unpaired) electrons. The molecule has 0 bridgehead atoms. The Balaban J connectivity index is 1.75. The van der Waals surface area contributed by atoms with Crippen molar-refractivity contribution in [2.75, 3.05) is 0 Å². The highest BCUT2D eigenvalue weighted by molar-refractivity contribution is 6.51. The van der Waals surface area contributed by atoms with Crippen molar-refractivity contribution in [2.45, 2.75) is 30.0 Å². The molecule has 0 aliphatic heterocycles. The van der Waals surface area contributed by atoms with Crippen molar-refractivity contribution in [1.29, 1.82) is 0 Å². The van der Waals surface area contributed by atoms with Crippen LogP contribution in [0.1, 0.15) is 30.4 Å². The Morgan fingerprint density at radius 1 is 1.10 bits per heavy atom. The maximum Gasteiger partial charge on any atom is 0.130 e. The molecule has 1 unspecified atom stereocenters. The monoisotopic (exact) mass is 306 g/mol. The van der Waals surface area contributed by atoms with Crippen molar-refractivity contribution in [2.24, 2.45) is 0 Å². The Morgan fingerprint density at radius 2 is 1.75 bits per heavy atom. The van der Waals surface area contributed by atoms with Gasteiger partial charge >= 0.3 is 0 Å². The van der Waals surface area contributed by atoms with Gasteiger partial charge in [0.25, 0.3) is 0 Å². The summed E-state index contributed by atoms with van der Waals surface area (Å²) >= 11 is 12.2. The molecule has 2 aromatic rings. The lowest BCUT2D eigenvalue weighted by Crippen LogP contribution is -1.92. The Kier molecular flexibility index (Phi) is 3.66. The summed E-state index contributed by atoms with van der Waals surface area (Å²) in [5, 5.41) is 0. The van der Waals surface area contributed by atoms with E-state index in [0.29, 0.717) is 0 Å². The van der Waals surface area contributed by atoms with Crippen molar-refractivity contribution in [3.05, 3.63) is 59.7 Å². The molecule has 3 rings (SSSR count). The summed E-state index contributed by atoms with van der Waals surface area (Å²) in [5.74, 6) is 2.01. The molecule has 0 heterocycles. The molecule has 1 aliphatic carbocycles. The summed E-state index contributed by atoms with van der Waals surface area (Å²) in [6, 6.07) is 16.1. The number of aryl methyl sites for hydroxylation is 1. The molecule has 104 valence electrons. The molecular formula is C17H16Cl2O. The fourth-order valence-electron chi connectivity index (χ4n) is 2.37. The van der Waals surface area contributed by atoms with Gasteiger partial charge in [-0.3, -0.25) is 0 Å². The lowest BCUT2D eigenvalue weighted by atomic mass is 10.1. The van der Waals surface area contributed by atoms with Crippen LogP contribution in [0, 0.1) is 0 Å². The lowest BCUT2D eigenvalue weighted by Gasteiger charge is -2.10. The van der Waals surface area contributed by atoms with Crippen molar-refractivity contribution < 1.29 is 4.74 Å². The van der Waals surface area contributed by atoms with Crippen LogP contribution >= 0.6 is 23.2 Å². The summed E-state index contributed by atoms with van der Waals surface area (Å²) in [7, 11) is 0. The Labute approximate surface area is 129 Å². The zero-order chi connectivity index (χ0) is 14.2. The second-order valence-corrected chi connectivity index (χ2v) is 6.69. The highest BCUT2D eigenvalue weighted by atomic mass is 35.5. The third kappa shape index (κ3) is 2.79. The van der Waals surface area contributed by atoms with Gasteiger partial charge in [0.2, 0.25) is 0 Å². The predicted molar refractivity (Wildman–Crippen MR) is 84.1 cm³/mol.